The third kappa shape index (κ3) is 7.36. The number of nitrogens with two attached hydrogens (primary N) is 3. The van der Waals surface area contributed by atoms with Crippen molar-refractivity contribution in [2.75, 3.05) is 0 Å². The first-order valence-corrected chi connectivity index (χ1v) is 15.4. The summed E-state index contributed by atoms with van der Waals surface area (Å²) in [6.45, 7) is 21.9. The van der Waals surface area contributed by atoms with E-state index in [0.717, 1.165) is 50.1 Å². The van der Waals surface area contributed by atoms with E-state index in [-0.39, 0.29) is 58.4 Å². The van der Waals surface area contributed by atoms with Crippen LogP contribution in [0.15, 0.2) is 36.4 Å². The molecule has 43 heavy (non-hydrogen) atoms. The molecule has 1 atom stereocenters. The molecule has 0 amide bonds. The maximum atomic E-state index is 11.0. The smallest absolute Gasteiger partial charge is 0.119 e. The molecule has 9 N–H and O–H groups in total. The van der Waals surface area contributed by atoms with Crippen LogP contribution in [0, 0.1) is 0 Å². The van der Waals surface area contributed by atoms with E-state index in [1.807, 2.05) is 18.2 Å². The van der Waals surface area contributed by atoms with Gasteiger partial charge in [0.1, 0.15) is 17.2 Å². The molecule has 0 aromatic heterocycles. The zero-order chi connectivity index (χ0) is 32.7. The summed E-state index contributed by atoms with van der Waals surface area (Å²) in [5.41, 5.74) is 26.5. The van der Waals surface area contributed by atoms with Gasteiger partial charge in [-0.05, 0) is 96.9 Å². The number of hydrogen-bond acceptors (Lipinski definition) is 6. The second-order valence-corrected chi connectivity index (χ2v) is 15.3. The van der Waals surface area contributed by atoms with Gasteiger partial charge in [0.05, 0.1) is 0 Å². The minimum atomic E-state index is -0.296. The standard InChI is InChI=1S/C37H55N3O3/c1-21(25-15-29(35(2,3)4)32(41)12-22(25)18-38)11-28(26-16-30(36(5,6)7)33(42)13-23(26)19-39)27-17-31(37(8,9)10)34(43)14-24(27)20-40/h12-17,21,28,41-43H,11,18-20,38-40H2,1-10H3. The summed E-state index contributed by atoms with van der Waals surface area (Å²) in [4.78, 5) is 0. The summed E-state index contributed by atoms with van der Waals surface area (Å²) >= 11 is 0. The fourth-order valence-electron chi connectivity index (χ4n) is 6.29. The molecule has 6 heteroatoms. The lowest BCUT2D eigenvalue weighted by Crippen LogP contribution is -2.20. The summed E-state index contributed by atoms with van der Waals surface area (Å²) in [7, 11) is 0. The Labute approximate surface area is 259 Å². The van der Waals surface area contributed by atoms with Crippen LogP contribution >= 0.6 is 0 Å². The number of benzene rings is 3. The lowest BCUT2D eigenvalue weighted by molar-refractivity contribution is 0.444. The van der Waals surface area contributed by atoms with E-state index in [9.17, 15) is 15.3 Å². The molecule has 3 rings (SSSR count). The molecule has 236 valence electrons. The molecule has 0 aliphatic heterocycles. The number of phenols is 3. The van der Waals surface area contributed by atoms with Gasteiger partial charge in [-0.25, -0.2) is 0 Å². The molecule has 0 fully saturated rings. The third-order valence-electron chi connectivity index (χ3n) is 8.73. The van der Waals surface area contributed by atoms with Crippen molar-refractivity contribution in [3.63, 3.8) is 0 Å². The summed E-state index contributed by atoms with van der Waals surface area (Å²) in [6.07, 6.45) is 0.698. The highest BCUT2D eigenvalue weighted by atomic mass is 16.3. The molecule has 0 saturated heterocycles. The summed E-state index contributed by atoms with van der Waals surface area (Å²) < 4.78 is 0. The summed E-state index contributed by atoms with van der Waals surface area (Å²) in [5, 5.41) is 32.9. The molecule has 0 bridgehead atoms. The first-order chi connectivity index (χ1) is 19.7. The van der Waals surface area contributed by atoms with Crippen molar-refractivity contribution in [1.29, 1.82) is 0 Å². The van der Waals surface area contributed by atoms with Crippen molar-refractivity contribution >= 4 is 0 Å². The molecule has 1 unspecified atom stereocenters. The van der Waals surface area contributed by atoms with E-state index >= 15 is 0 Å². The number of aromatic hydroxyl groups is 3. The summed E-state index contributed by atoms with van der Waals surface area (Å²) in [6, 6.07) is 11.8. The second kappa shape index (κ2) is 12.5. The topological polar surface area (TPSA) is 139 Å². The zero-order valence-electron chi connectivity index (χ0n) is 28.0. The highest BCUT2D eigenvalue weighted by Crippen LogP contribution is 2.46. The van der Waals surface area contributed by atoms with Gasteiger partial charge in [0.15, 0.2) is 0 Å². The molecule has 3 aromatic rings. The van der Waals surface area contributed by atoms with Gasteiger partial charge >= 0.3 is 0 Å². The lowest BCUT2D eigenvalue weighted by Gasteiger charge is -2.32. The first kappa shape index (κ1) is 34.4. The van der Waals surface area contributed by atoms with Crippen LogP contribution in [0.3, 0.4) is 0 Å². The SMILES string of the molecule is CC(CC(c1cc(C(C)(C)C)c(O)cc1CN)c1cc(C(C)(C)C)c(O)cc1CN)c1cc(C(C)(C)C)c(O)cc1CN. The predicted octanol–water partition coefficient (Wildman–Crippen LogP) is 7.40. The maximum Gasteiger partial charge on any atom is 0.119 e. The molecular weight excluding hydrogens is 534 g/mol. The van der Waals surface area contributed by atoms with Crippen LogP contribution in [0.5, 0.6) is 17.2 Å². The van der Waals surface area contributed by atoms with Crippen molar-refractivity contribution in [2.45, 2.75) is 123 Å². The van der Waals surface area contributed by atoms with Gasteiger partial charge in [-0.3, -0.25) is 0 Å². The second-order valence-electron chi connectivity index (χ2n) is 15.3. The quantitative estimate of drug-likeness (QED) is 0.162. The largest absolute Gasteiger partial charge is 0.508 e. The third-order valence-corrected chi connectivity index (χ3v) is 8.73. The van der Waals surface area contributed by atoms with Gasteiger partial charge in [-0.15, -0.1) is 0 Å². The average Bonchev–Trinajstić information content (AvgIpc) is 2.89. The fourth-order valence-corrected chi connectivity index (χ4v) is 6.29. The Morgan fingerprint density at radius 3 is 1.07 bits per heavy atom. The van der Waals surface area contributed by atoms with E-state index in [2.05, 4.69) is 87.4 Å². The van der Waals surface area contributed by atoms with Crippen molar-refractivity contribution in [3.05, 3.63) is 86.5 Å². The van der Waals surface area contributed by atoms with Gasteiger partial charge in [-0.1, -0.05) is 87.4 Å². The van der Waals surface area contributed by atoms with Gasteiger partial charge in [0.25, 0.3) is 0 Å². The number of rotatable bonds is 8. The fraction of sp³-hybridized carbons (Fsp3) is 0.514. The van der Waals surface area contributed by atoms with Crippen LogP contribution in [0.25, 0.3) is 0 Å². The lowest BCUT2D eigenvalue weighted by atomic mass is 9.73. The Bertz CT molecular complexity index is 1380. The Kier molecular flexibility index (Phi) is 10.0. The highest BCUT2D eigenvalue weighted by molar-refractivity contribution is 5.54. The normalized spacial score (nSPS) is 13.5. The van der Waals surface area contributed by atoms with E-state index < -0.39 is 0 Å². The Morgan fingerprint density at radius 2 is 0.791 bits per heavy atom. The molecule has 0 saturated carbocycles. The molecule has 0 aliphatic rings. The van der Waals surface area contributed by atoms with Gasteiger partial charge < -0.3 is 32.5 Å². The van der Waals surface area contributed by atoms with Crippen LogP contribution in [0.2, 0.25) is 0 Å². The number of phenolic OH excluding ortho intramolecular Hbond substituents is 3. The van der Waals surface area contributed by atoms with E-state index in [1.54, 1.807) is 0 Å². The van der Waals surface area contributed by atoms with Crippen molar-refractivity contribution in [3.8, 4) is 17.2 Å². The van der Waals surface area contributed by atoms with Crippen LogP contribution in [0.1, 0.15) is 138 Å². The molecule has 6 nitrogen and oxygen atoms in total. The minimum Gasteiger partial charge on any atom is -0.508 e. The highest BCUT2D eigenvalue weighted by Gasteiger charge is 2.31. The maximum absolute atomic E-state index is 11.0. The van der Waals surface area contributed by atoms with Crippen LogP contribution in [-0.2, 0) is 35.9 Å². The van der Waals surface area contributed by atoms with Gasteiger partial charge in [0.2, 0.25) is 0 Å². The Balaban J connectivity index is 2.39. The minimum absolute atomic E-state index is 0.0419. The molecule has 0 radical (unpaired) electrons. The van der Waals surface area contributed by atoms with Crippen LogP contribution < -0.4 is 17.2 Å². The Morgan fingerprint density at radius 1 is 0.512 bits per heavy atom. The molecular formula is C37H55N3O3. The van der Waals surface area contributed by atoms with Crippen molar-refractivity contribution in [1.82, 2.24) is 0 Å². The van der Waals surface area contributed by atoms with E-state index in [0.29, 0.717) is 13.0 Å². The number of hydrogen-bond donors (Lipinski definition) is 6. The van der Waals surface area contributed by atoms with Crippen molar-refractivity contribution in [2.24, 2.45) is 17.2 Å². The molecule has 0 aliphatic carbocycles. The first-order valence-electron chi connectivity index (χ1n) is 15.4. The molecule has 0 spiro atoms. The van der Waals surface area contributed by atoms with E-state index in [4.69, 9.17) is 17.2 Å². The van der Waals surface area contributed by atoms with Crippen LogP contribution in [0.4, 0.5) is 0 Å². The van der Waals surface area contributed by atoms with Crippen LogP contribution in [-0.4, -0.2) is 15.3 Å². The average molecular weight is 590 g/mol. The summed E-state index contributed by atoms with van der Waals surface area (Å²) in [5.74, 6) is 0.635. The Hall–Kier alpha value is -3.06. The van der Waals surface area contributed by atoms with Gasteiger partial charge in [-0.2, -0.15) is 0 Å². The molecule has 3 aromatic carbocycles. The van der Waals surface area contributed by atoms with Gasteiger partial charge in [0, 0.05) is 25.6 Å². The predicted molar refractivity (Wildman–Crippen MR) is 179 cm³/mol. The monoisotopic (exact) mass is 589 g/mol. The van der Waals surface area contributed by atoms with E-state index in [1.165, 1.54) is 0 Å². The molecule has 0 heterocycles. The zero-order valence-corrected chi connectivity index (χ0v) is 28.0. The van der Waals surface area contributed by atoms with Crippen molar-refractivity contribution < 1.29 is 15.3 Å².